The molecule has 0 radical (unpaired) electrons. The predicted molar refractivity (Wildman–Crippen MR) is 101 cm³/mol. The van der Waals surface area contributed by atoms with Crippen molar-refractivity contribution in [3.63, 3.8) is 0 Å². The van der Waals surface area contributed by atoms with E-state index in [0.29, 0.717) is 33.9 Å². The lowest BCUT2D eigenvalue weighted by atomic mass is 10.2. The molecule has 3 aromatic rings. The van der Waals surface area contributed by atoms with E-state index < -0.39 is 0 Å². The minimum atomic E-state index is -0.389. The summed E-state index contributed by atoms with van der Waals surface area (Å²) < 4.78 is 0. The Morgan fingerprint density at radius 3 is 2.69 bits per heavy atom. The summed E-state index contributed by atoms with van der Waals surface area (Å²) in [4.78, 5) is 21.1. The summed E-state index contributed by atoms with van der Waals surface area (Å²) in [5, 5.41) is 16.6. The van der Waals surface area contributed by atoms with Gasteiger partial charge in [-0.2, -0.15) is 10.1 Å². The summed E-state index contributed by atoms with van der Waals surface area (Å²) in [7, 11) is 1.78. The van der Waals surface area contributed by atoms with Gasteiger partial charge in [-0.3, -0.25) is 4.79 Å². The largest absolute Gasteiger partial charge is 0.373 e. The van der Waals surface area contributed by atoms with Crippen LogP contribution in [-0.2, 0) is 0 Å². The Morgan fingerprint density at radius 2 is 1.96 bits per heavy atom. The van der Waals surface area contributed by atoms with E-state index >= 15 is 0 Å². The van der Waals surface area contributed by atoms with E-state index in [-0.39, 0.29) is 5.91 Å². The smallest absolute Gasteiger partial charge is 0.258 e. The van der Waals surface area contributed by atoms with Gasteiger partial charge in [0.15, 0.2) is 5.82 Å². The van der Waals surface area contributed by atoms with Gasteiger partial charge in [-0.1, -0.05) is 11.6 Å². The van der Waals surface area contributed by atoms with Gasteiger partial charge >= 0.3 is 0 Å². The van der Waals surface area contributed by atoms with Gasteiger partial charge in [0.25, 0.3) is 5.91 Å². The molecule has 1 aromatic carbocycles. The van der Waals surface area contributed by atoms with E-state index in [1.165, 1.54) is 6.20 Å². The van der Waals surface area contributed by atoms with Crippen molar-refractivity contribution >= 4 is 40.8 Å². The molecule has 8 nitrogen and oxygen atoms in total. The van der Waals surface area contributed by atoms with Crippen LogP contribution in [0.2, 0.25) is 5.02 Å². The second-order valence-electron chi connectivity index (χ2n) is 5.35. The fraction of sp³-hybridized carbons (Fsp3) is 0.118. The molecule has 26 heavy (non-hydrogen) atoms. The van der Waals surface area contributed by atoms with Crippen molar-refractivity contribution in [2.24, 2.45) is 0 Å². The average molecular weight is 370 g/mol. The van der Waals surface area contributed by atoms with Gasteiger partial charge in [0.05, 0.1) is 10.6 Å². The lowest BCUT2D eigenvalue weighted by Crippen LogP contribution is -2.14. The highest BCUT2D eigenvalue weighted by atomic mass is 35.5. The number of benzene rings is 1. The Kier molecular flexibility index (Phi) is 5.23. The van der Waals surface area contributed by atoms with Crippen molar-refractivity contribution < 1.29 is 4.79 Å². The summed E-state index contributed by atoms with van der Waals surface area (Å²) in [6.07, 6.45) is 1.52. The number of halogens is 1. The van der Waals surface area contributed by atoms with Gasteiger partial charge in [-0.25, -0.2) is 4.98 Å². The summed E-state index contributed by atoms with van der Waals surface area (Å²) in [6.45, 7) is 1.87. The summed E-state index contributed by atoms with van der Waals surface area (Å²) >= 11 is 6.17. The highest BCUT2D eigenvalue weighted by molar-refractivity contribution is 6.34. The number of amides is 1. The number of aryl methyl sites for hydroxylation is 1. The monoisotopic (exact) mass is 369 g/mol. The lowest BCUT2D eigenvalue weighted by molar-refractivity contribution is 0.102. The standard InChI is InChI=1S/C17H16ClN7O/c1-10-8-15(19-2)24-17(21-10)22-11-5-6-13(18)12(9-11)16(26)23-14-4-3-7-20-25-14/h3-9H,1-2H3,(H,23,25,26)(H2,19,21,22,24). The SMILES string of the molecule is CNc1cc(C)nc(Nc2ccc(Cl)c(C(=O)Nc3cccnn3)c2)n1. The quantitative estimate of drug-likeness (QED) is 0.633. The van der Waals surface area contributed by atoms with Crippen molar-refractivity contribution in [3.8, 4) is 0 Å². The highest BCUT2D eigenvalue weighted by Crippen LogP contribution is 2.23. The van der Waals surface area contributed by atoms with Crippen LogP contribution < -0.4 is 16.0 Å². The molecular weight excluding hydrogens is 354 g/mol. The molecule has 0 saturated carbocycles. The Morgan fingerprint density at radius 1 is 1.12 bits per heavy atom. The van der Waals surface area contributed by atoms with Gasteiger partial charge in [0.1, 0.15) is 5.82 Å². The van der Waals surface area contributed by atoms with Gasteiger partial charge in [0, 0.05) is 30.7 Å². The first-order valence-electron chi connectivity index (χ1n) is 7.74. The molecule has 2 aromatic heterocycles. The van der Waals surface area contributed by atoms with Crippen molar-refractivity contribution in [3.05, 3.63) is 58.9 Å². The lowest BCUT2D eigenvalue weighted by Gasteiger charge is -2.10. The van der Waals surface area contributed by atoms with Crippen molar-refractivity contribution in [2.75, 3.05) is 23.0 Å². The predicted octanol–water partition coefficient (Wildman–Crippen LogP) is 3.27. The molecule has 0 unspecified atom stereocenters. The van der Waals surface area contributed by atoms with Crippen LogP contribution in [0.5, 0.6) is 0 Å². The third-order valence-electron chi connectivity index (χ3n) is 3.39. The van der Waals surface area contributed by atoms with Crippen molar-refractivity contribution in [1.29, 1.82) is 0 Å². The molecule has 0 aliphatic carbocycles. The topological polar surface area (TPSA) is 105 Å². The van der Waals surface area contributed by atoms with Crippen LogP contribution in [0.3, 0.4) is 0 Å². The Bertz CT molecular complexity index is 934. The minimum Gasteiger partial charge on any atom is -0.373 e. The van der Waals surface area contributed by atoms with Crippen molar-refractivity contribution in [1.82, 2.24) is 20.2 Å². The third kappa shape index (κ3) is 4.22. The Balaban J connectivity index is 1.83. The molecule has 132 valence electrons. The van der Waals surface area contributed by atoms with Gasteiger partial charge in [-0.05, 0) is 37.3 Å². The van der Waals surface area contributed by atoms with Crippen LogP contribution in [0, 0.1) is 6.92 Å². The number of carbonyl (C=O) groups is 1. The molecule has 0 aliphatic heterocycles. The Labute approximate surface area is 155 Å². The number of rotatable bonds is 5. The summed E-state index contributed by atoms with van der Waals surface area (Å²) in [5.74, 6) is 1.05. The molecule has 1 amide bonds. The fourth-order valence-corrected chi connectivity index (χ4v) is 2.41. The minimum absolute atomic E-state index is 0.295. The molecule has 3 N–H and O–H groups in total. The zero-order valence-corrected chi connectivity index (χ0v) is 14.9. The van der Waals surface area contributed by atoms with Crippen LogP contribution >= 0.6 is 11.6 Å². The zero-order valence-electron chi connectivity index (χ0n) is 14.1. The maximum absolute atomic E-state index is 12.5. The molecular formula is C17H16ClN7O. The highest BCUT2D eigenvalue weighted by Gasteiger charge is 2.13. The van der Waals surface area contributed by atoms with Crippen molar-refractivity contribution in [2.45, 2.75) is 6.92 Å². The number of carbonyl (C=O) groups excluding carboxylic acids is 1. The van der Waals surface area contributed by atoms with Crippen LogP contribution in [0.4, 0.5) is 23.3 Å². The van der Waals surface area contributed by atoms with Crippen LogP contribution in [0.25, 0.3) is 0 Å². The summed E-state index contributed by atoms with van der Waals surface area (Å²) in [6, 6.07) is 10.1. The number of hydrogen-bond acceptors (Lipinski definition) is 7. The fourth-order valence-electron chi connectivity index (χ4n) is 2.21. The zero-order chi connectivity index (χ0) is 18.5. The Hall–Kier alpha value is -3.26. The second-order valence-corrected chi connectivity index (χ2v) is 5.76. The van der Waals surface area contributed by atoms with Gasteiger partial charge < -0.3 is 16.0 Å². The molecule has 0 spiro atoms. The second kappa shape index (κ2) is 7.75. The average Bonchev–Trinajstić information content (AvgIpc) is 2.63. The normalized spacial score (nSPS) is 10.3. The number of nitrogens with zero attached hydrogens (tertiary/aromatic N) is 4. The van der Waals surface area contributed by atoms with Crippen LogP contribution in [-0.4, -0.2) is 33.1 Å². The van der Waals surface area contributed by atoms with E-state index in [2.05, 4.69) is 36.1 Å². The summed E-state index contributed by atoms with van der Waals surface area (Å²) in [5.41, 5.74) is 1.73. The van der Waals surface area contributed by atoms with Gasteiger partial charge in [0.2, 0.25) is 5.95 Å². The molecule has 3 rings (SSSR count). The molecule has 0 bridgehead atoms. The maximum atomic E-state index is 12.5. The first kappa shape index (κ1) is 17.6. The van der Waals surface area contributed by atoms with Crippen LogP contribution in [0.1, 0.15) is 16.1 Å². The molecule has 0 atom stereocenters. The van der Waals surface area contributed by atoms with Crippen LogP contribution in [0.15, 0.2) is 42.6 Å². The maximum Gasteiger partial charge on any atom is 0.258 e. The number of aromatic nitrogens is 4. The van der Waals surface area contributed by atoms with E-state index in [0.717, 1.165) is 5.69 Å². The van der Waals surface area contributed by atoms with Gasteiger partial charge in [-0.15, -0.1) is 5.10 Å². The first-order chi connectivity index (χ1) is 12.5. The number of anilines is 4. The van der Waals surface area contributed by atoms with E-state index in [1.807, 2.05) is 13.0 Å². The molecule has 9 heteroatoms. The molecule has 0 aliphatic rings. The molecule has 0 saturated heterocycles. The third-order valence-corrected chi connectivity index (χ3v) is 3.72. The van der Waals surface area contributed by atoms with E-state index in [9.17, 15) is 4.79 Å². The first-order valence-corrected chi connectivity index (χ1v) is 8.12. The number of nitrogens with one attached hydrogen (secondary N) is 3. The molecule has 2 heterocycles. The number of hydrogen-bond donors (Lipinski definition) is 3. The van der Waals surface area contributed by atoms with E-state index in [1.54, 1.807) is 37.4 Å². The van der Waals surface area contributed by atoms with E-state index in [4.69, 9.17) is 11.6 Å². The molecule has 0 fully saturated rings.